The summed E-state index contributed by atoms with van der Waals surface area (Å²) in [7, 11) is 0. The first-order valence-corrected chi connectivity index (χ1v) is 6.45. The van der Waals surface area contributed by atoms with Gasteiger partial charge in [0, 0.05) is 6.61 Å². The van der Waals surface area contributed by atoms with Crippen molar-refractivity contribution >= 4 is 5.97 Å². The van der Waals surface area contributed by atoms with Crippen LogP contribution in [0.3, 0.4) is 0 Å². The molecule has 6 heteroatoms. The van der Waals surface area contributed by atoms with Crippen LogP contribution in [0.15, 0.2) is 0 Å². The molecule has 6 nitrogen and oxygen atoms in total. The number of carboxylic acid groups (broad SMARTS) is 1. The normalized spacial score (nSPS) is 19.3. The van der Waals surface area contributed by atoms with E-state index in [1.165, 1.54) is 0 Å². The van der Waals surface area contributed by atoms with Crippen LogP contribution in [0, 0.1) is 0 Å². The predicted molar refractivity (Wildman–Crippen MR) is 64.3 cm³/mol. The van der Waals surface area contributed by atoms with E-state index in [2.05, 4.69) is 17.2 Å². The molecule has 0 aliphatic carbocycles. The first kappa shape index (κ1) is 13.0. The van der Waals surface area contributed by atoms with Gasteiger partial charge in [-0.2, -0.15) is 0 Å². The molecule has 2 heterocycles. The molecule has 0 spiro atoms. The largest absolute Gasteiger partial charge is 0.481 e. The quantitative estimate of drug-likeness (QED) is 0.819. The zero-order valence-corrected chi connectivity index (χ0v) is 10.6. The Labute approximate surface area is 106 Å². The van der Waals surface area contributed by atoms with E-state index in [0.29, 0.717) is 12.2 Å². The second-order valence-electron chi connectivity index (χ2n) is 4.62. The summed E-state index contributed by atoms with van der Waals surface area (Å²) in [5.41, 5.74) is 1.53. The lowest BCUT2D eigenvalue weighted by Gasteiger charge is -2.11. The molecule has 0 saturated carbocycles. The van der Waals surface area contributed by atoms with Crippen molar-refractivity contribution in [2.24, 2.45) is 0 Å². The summed E-state index contributed by atoms with van der Waals surface area (Å²) in [6.07, 6.45) is 4.03. The first-order chi connectivity index (χ1) is 8.70. The van der Waals surface area contributed by atoms with Gasteiger partial charge >= 0.3 is 5.97 Å². The van der Waals surface area contributed by atoms with Gasteiger partial charge in [-0.1, -0.05) is 18.6 Å². The van der Waals surface area contributed by atoms with Crippen molar-refractivity contribution in [3.8, 4) is 0 Å². The number of hydrogen-bond acceptors (Lipinski definition) is 4. The van der Waals surface area contributed by atoms with Crippen molar-refractivity contribution < 1.29 is 14.6 Å². The Hall–Kier alpha value is -1.43. The topological polar surface area (TPSA) is 77.2 Å². The Kier molecular flexibility index (Phi) is 4.30. The van der Waals surface area contributed by atoms with Crippen molar-refractivity contribution in [2.75, 3.05) is 6.61 Å². The summed E-state index contributed by atoms with van der Waals surface area (Å²) >= 11 is 0. The first-order valence-electron chi connectivity index (χ1n) is 6.45. The average molecular weight is 253 g/mol. The number of rotatable bonds is 6. The van der Waals surface area contributed by atoms with Gasteiger partial charge in [-0.3, -0.25) is 4.79 Å². The highest BCUT2D eigenvalue weighted by Crippen LogP contribution is 2.16. The van der Waals surface area contributed by atoms with Gasteiger partial charge in [0.2, 0.25) is 0 Å². The fraction of sp³-hybridized carbons (Fsp3) is 0.750. The van der Waals surface area contributed by atoms with Gasteiger partial charge in [0.1, 0.15) is 0 Å². The number of hydrogen-bond donors (Lipinski definition) is 1. The average Bonchev–Trinajstić information content (AvgIpc) is 2.93. The highest BCUT2D eigenvalue weighted by atomic mass is 16.5. The molecule has 0 amide bonds. The second kappa shape index (κ2) is 5.95. The van der Waals surface area contributed by atoms with E-state index in [-0.39, 0.29) is 12.5 Å². The van der Waals surface area contributed by atoms with Crippen LogP contribution in [-0.4, -0.2) is 38.8 Å². The molecule has 1 fully saturated rings. The minimum atomic E-state index is -0.864. The maximum absolute atomic E-state index is 10.8. The van der Waals surface area contributed by atoms with Crippen molar-refractivity contribution in [3.63, 3.8) is 0 Å². The van der Waals surface area contributed by atoms with E-state index >= 15 is 0 Å². The number of nitrogens with zero attached hydrogens (tertiary/aromatic N) is 3. The maximum Gasteiger partial charge on any atom is 0.309 e. The predicted octanol–water partition coefficient (Wildman–Crippen LogP) is 1.04. The van der Waals surface area contributed by atoms with Crippen LogP contribution < -0.4 is 0 Å². The summed E-state index contributed by atoms with van der Waals surface area (Å²) in [6, 6.07) is 0. The minimum absolute atomic E-state index is 0.0547. The van der Waals surface area contributed by atoms with Crippen LogP contribution in [0.1, 0.15) is 37.6 Å². The van der Waals surface area contributed by atoms with E-state index in [0.717, 1.165) is 38.0 Å². The highest BCUT2D eigenvalue weighted by Gasteiger charge is 2.20. The molecular formula is C12H19N3O3. The van der Waals surface area contributed by atoms with Crippen LogP contribution in [0.25, 0.3) is 0 Å². The van der Waals surface area contributed by atoms with Crippen LogP contribution in [0.4, 0.5) is 0 Å². The third-order valence-corrected chi connectivity index (χ3v) is 3.12. The molecule has 1 aliphatic rings. The zero-order valence-electron chi connectivity index (χ0n) is 10.6. The lowest BCUT2D eigenvalue weighted by molar-refractivity contribution is -0.136. The fourth-order valence-electron chi connectivity index (χ4n) is 2.29. The van der Waals surface area contributed by atoms with Crippen LogP contribution in [0.5, 0.6) is 0 Å². The van der Waals surface area contributed by atoms with Crippen molar-refractivity contribution in [1.29, 1.82) is 0 Å². The van der Waals surface area contributed by atoms with Gasteiger partial charge in [-0.25, -0.2) is 4.68 Å². The van der Waals surface area contributed by atoms with Gasteiger partial charge in [-0.05, 0) is 19.3 Å². The Bertz CT molecular complexity index is 411. The number of ether oxygens (including phenoxy) is 1. The van der Waals surface area contributed by atoms with Crippen LogP contribution in [0.2, 0.25) is 0 Å². The smallest absolute Gasteiger partial charge is 0.309 e. The van der Waals surface area contributed by atoms with Gasteiger partial charge in [-0.15, -0.1) is 5.10 Å². The molecule has 1 aromatic rings. The molecule has 1 atom stereocenters. The van der Waals surface area contributed by atoms with Gasteiger partial charge in [0.25, 0.3) is 0 Å². The van der Waals surface area contributed by atoms with Crippen LogP contribution >= 0.6 is 0 Å². The van der Waals surface area contributed by atoms with E-state index in [9.17, 15) is 4.79 Å². The van der Waals surface area contributed by atoms with Gasteiger partial charge in [0.05, 0.1) is 30.5 Å². The van der Waals surface area contributed by atoms with Crippen molar-refractivity contribution in [2.45, 2.75) is 51.7 Å². The van der Waals surface area contributed by atoms with Gasteiger partial charge < -0.3 is 9.84 Å². The van der Waals surface area contributed by atoms with E-state index in [1.54, 1.807) is 0 Å². The van der Waals surface area contributed by atoms with Crippen LogP contribution in [-0.2, 0) is 28.9 Å². The Morgan fingerprint density at radius 2 is 2.44 bits per heavy atom. The molecule has 0 aromatic carbocycles. The number of carboxylic acids is 1. The molecule has 1 aromatic heterocycles. The summed E-state index contributed by atoms with van der Waals surface area (Å²) in [4.78, 5) is 10.8. The molecule has 100 valence electrons. The fourth-order valence-corrected chi connectivity index (χ4v) is 2.29. The summed E-state index contributed by atoms with van der Waals surface area (Å²) in [6.45, 7) is 3.56. The standard InChI is InChI=1S/C12H19N3O3/c1-2-4-11-10(7-12(16)17)13-14-15(11)8-9-5-3-6-18-9/h9H,2-8H2,1H3,(H,16,17). The molecule has 0 bridgehead atoms. The Balaban J connectivity index is 2.12. The number of aliphatic carboxylic acids is 1. The Morgan fingerprint density at radius 1 is 1.61 bits per heavy atom. The monoisotopic (exact) mass is 253 g/mol. The molecule has 1 N–H and O–H groups in total. The molecule has 1 unspecified atom stereocenters. The molecule has 18 heavy (non-hydrogen) atoms. The zero-order chi connectivity index (χ0) is 13.0. The highest BCUT2D eigenvalue weighted by molar-refractivity contribution is 5.69. The SMILES string of the molecule is CCCc1c(CC(=O)O)nnn1CC1CCCO1. The summed E-state index contributed by atoms with van der Waals surface area (Å²) in [5, 5.41) is 16.9. The maximum atomic E-state index is 10.8. The van der Waals surface area contributed by atoms with E-state index in [1.807, 2.05) is 4.68 Å². The second-order valence-corrected chi connectivity index (χ2v) is 4.62. The molecule has 1 saturated heterocycles. The van der Waals surface area contributed by atoms with E-state index in [4.69, 9.17) is 9.84 Å². The number of aromatic nitrogens is 3. The third-order valence-electron chi connectivity index (χ3n) is 3.12. The molecular weight excluding hydrogens is 234 g/mol. The lowest BCUT2D eigenvalue weighted by atomic mass is 10.1. The lowest BCUT2D eigenvalue weighted by Crippen LogP contribution is -2.18. The Morgan fingerprint density at radius 3 is 3.06 bits per heavy atom. The van der Waals surface area contributed by atoms with Gasteiger partial charge in [0.15, 0.2) is 0 Å². The summed E-state index contributed by atoms with van der Waals surface area (Å²) in [5.74, 6) is -0.864. The molecule has 2 rings (SSSR count). The molecule has 0 radical (unpaired) electrons. The van der Waals surface area contributed by atoms with Crippen molar-refractivity contribution in [1.82, 2.24) is 15.0 Å². The van der Waals surface area contributed by atoms with Crippen molar-refractivity contribution in [3.05, 3.63) is 11.4 Å². The van der Waals surface area contributed by atoms with E-state index < -0.39 is 5.97 Å². The molecule has 1 aliphatic heterocycles. The third kappa shape index (κ3) is 3.07. The number of carbonyl (C=O) groups is 1. The summed E-state index contributed by atoms with van der Waals surface area (Å²) < 4.78 is 7.39. The minimum Gasteiger partial charge on any atom is -0.481 e.